The summed E-state index contributed by atoms with van der Waals surface area (Å²) < 4.78 is 0. The molecule has 0 saturated carbocycles. The van der Waals surface area contributed by atoms with E-state index in [1.807, 2.05) is 6.07 Å². The van der Waals surface area contributed by atoms with E-state index in [4.69, 9.17) is 11.6 Å². The highest BCUT2D eigenvalue weighted by Crippen LogP contribution is 2.31. The number of halogens is 1. The zero-order chi connectivity index (χ0) is 13.3. The maximum absolute atomic E-state index is 9.61. The molecule has 0 bridgehead atoms. The van der Waals surface area contributed by atoms with Crippen molar-refractivity contribution in [1.82, 2.24) is 0 Å². The summed E-state index contributed by atoms with van der Waals surface area (Å²) in [7, 11) is 0. The van der Waals surface area contributed by atoms with E-state index in [0.29, 0.717) is 5.02 Å². The highest BCUT2D eigenvalue weighted by Gasteiger charge is 2.13. The number of aromatic hydroxyl groups is 1. The van der Waals surface area contributed by atoms with E-state index in [2.05, 4.69) is 45.0 Å². The molecule has 0 aromatic heterocycles. The fraction of sp³-hybridized carbons (Fsp3) is 0.250. The lowest BCUT2D eigenvalue weighted by Gasteiger charge is -2.19. The van der Waals surface area contributed by atoms with E-state index in [1.165, 1.54) is 5.56 Å². The van der Waals surface area contributed by atoms with Gasteiger partial charge in [-0.1, -0.05) is 62.7 Å². The molecule has 0 saturated heterocycles. The number of phenolic OH excluding ortho intramolecular Hbond substituents is 1. The van der Waals surface area contributed by atoms with E-state index in [-0.39, 0.29) is 11.2 Å². The number of benzene rings is 2. The van der Waals surface area contributed by atoms with E-state index < -0.39 is 0 Å². The minimum absolute atomic E-state index is 0.120. The molecule has 1 nitrogen and oxygen atoms in total. The molecule has 2 heteroatoms. The van der Waals surface area contributed by atoms with Gasteiger partial charge in [0.25, 0.3) is 0 Å². The average molecular weight is 261 g/mol. The zero-order valence-electron chi connectivity index (χ0n) is 10.9. The molecular weight excluding hydrogens is 244 g/mol. The van der Waals surface area contributed by atoms with Gasteiger partial charge in [-0.3, -0.25) is 0 Å². The van der Waals surface area contributed by atoms with Crippen LogP contribution < -0.4 is 0 Å². The zero-order valence-corrected chi connectivity index (χ0v) is 11.6. The van der Waals surface area contributed by atoms with Crippen LogP contribution in [0.1, 0.15) is 26.3 Å². The molecule has 0 aliphatic rings. The Morgan fingerprint density at radius 2 is 1.44 bits per heavy atom. The van der Waals surface area contributed by atoms with Crippen LogP contribution in [-0.4, -0.2) is 5.11 Å². The van der Waals surface area contributed by atoms with Crippen molar-refractivity contribution in [3.05, 3.63) is 53.1 Å². The summed E-state index contributed by atoms with van der Waals surface area (Å²) in [5.41, 5.74) is 3.50. The molecule has 2 aromatic carbocycles. The Bertz CT molecular complexity index is 550. The average Bonchev–Trinajstić information content (AvgIpc) is 2.32. The summed E-state index contributed by atoms with van der Waals surface area (Å²) in [6.07, 6.45) is 0. The van der Waals surface area contributed by atoms with Crippen LogP contribution in [0.25, 0.3) is 11.1 Å². The smallest absolute Gasteiger partial charge is 0.134 e. The van der Waals surface area contributed by atoms with Gasteiger partial charge in [0, 0.05) is 0 Å². The topological polar surface area (TPSA) is 20.2 Å². The van der Waals surface area contributed by atoms with Gasteiger partial charge in [0.1, 0.15) is 5.75 Å². The minimum Gasteiger partial charge on any atom is -0.506 e. The second-order valence-electron chi connectivity index (χ2n) is 5.49. The third-order valence-electron chi connectivity index (χ3n) is 3.03. The monoisotopic (exact) mass is 260 g/mol. The lowest BCUT2D eigenvalue weighted by atomic mass is 9.86. The van der Waals surface area contributed by atoms with Crippen molar-refractivity contribution in [3.63, 3.8) is 0 Å². The molecular formula is C16H17ClO. The molecule has 2 rings (SSSR count). The molecule has 0 heterocycles. The van der Waals surface area contributed by atoms with Crippen molar-refractivity contribution in [2.75, 3.05) is 0 Å². The first-order chi connectivity index (χ1) is 8.38. The summed E-state index contributed by atoms with van der Waals surface area (Å²) in [5, 5.41) is 9.99. The molecule has 0 fully saturated rings. The van der Waals surface area contributed by atoms with Crippen LogP contribution in [-0.2, 0) is 5.41 Å². The minimum atomic E-state index is 0.120. The van der Waals surface area contributed by atoms with Gasteiger partial charge in [0.05, 0.1) is 5.02 Å². The van der Waals surface area contributed by atoms with E-state index in [0.717, 1.165) is 11.1 Å². The van der Waals surface area contributed by atoms with Gasteiger partial charge in [0.15, 0.2) is 0 Å². The highest BCUT2D eigenvalue weighted by atomic mass is 35.5. The normalized spacial score (nSPS) is 11.6. The predicted molar refractivity (Wildman–Crippen MR) is 77.3 cm³/mol. The molecule has 0 radical (unpaired) electrons. The molecule has 0 aliphatic carbocycles. The van der Waals surface area contributed by atoms with E-state index >= 15 is 0 Å². The highest BCUT2D eigenvalue weighted by molar-refractivity contribution is 6.32. The van der Waals surface area contributed by atoms with Crippen LogP contribution in [0.3, 0.4) is 0 Å². The Hall–Kier alpha value is -1.47. The quantitative estimate of drug-likeness (QED) is 0.764. The van der Waals surface area contributed by atoms with Gasteiger partial charge in [-0.15, -0.1) is 0 Å². The maximum Gasteiger partial charge on any atom is 0.134 e. The second kappa shape index (κ2) is 4.66. The van der Waals surface area contributed by atoms with Crippen LogP contribution in [0.15, 0.2) is 42.5 Å². The van der Waals surface area contributed by atoms with E-state index in [9.17, 15) is 5.11 Å². The molecule has 0 spiro atoms. The van der Waals surface area contributed by atoms with Crippen molar-refractivity contribution >= 4 is 11.6 Å². The lowest BCUT2D eigenvalue weighted by Crippen LogP contribution is -2.10. The van der Waals surface area contributed by atoms with Crippen molar-refractivity contribution in [3.8, 4) is 16.9 Å². The van der Waals surface area contributed by atoms with Crippen LogP contribution >= 0.6 is 11.6 Å². The van der Waals surface area contributed by atoms with Gasteiger partial charge in [0.2, 0.25) is 0 Å². The van der Waals surface area contributed by atoms with Crippen molar-refractivity contribution in [2.24, 2.45) is 0 Å². The molecule has 1 N–H and O–H groups in total. The predicted octanol–water partition coefficient (Wildman–Crippen LogP) is 5.01. The third-order valence-corrected chi connectivity index (χ3v) is 3.35. The Kier molecular flexibility index (Phi) is 3.36. The molecule has 0 unspecified atom stereocenters. The van der Waals surface area contributed by atoms with Gasteiger partial charge >= 0.3 is 0 Å². The largest absolute Gasteiger partial charge is 0.506 e. The fourth-order valence-electron chi connectivity index (χ4n) is 1.85. The van der Waals surface area contributed by atoms with Crippen LogP contribution in [0.2, 0.25) is 5.02 Å². The molecule has 0 aliphatic heterocycles. The fourth-order valence-corrected chi connectivity index (χ4v) is 1.97. The Morgan fingerprint density at radius 3 is 1.94 bits per heavy atom. The Morgan fingerprint density at radius 1 is 0.889 bits per heavy atom. The third kappa shape index (κ3) is 2.68. The number of rotatable bonds is 1. The first-order valence-electron chi connectivity index (χ1n) is 5.97. The Balaban J connectivity index is 2.37. The molecule has 2 aromatic rings. The molecule has 94 valence electrons. The van der Waals surface area contributed by atoms with Crippen LogP contribution in [0.4, 0.5) is 0 Å². The number of phenols is 1. The van der Waals surface area contributed by atoms with Crippen molar-refractivity contribution in [2.45, 2.75) is 26.2 Å². The second-order valence-corrected chi connectivity index (χ2v) is 5.90. The number of hydrogen-bond donors (Lipinski definition) is 1. The van der Waals surface area contributed by atoms with Crippen LogP contribution in [0, 0.1) is 0 Å². The standard InChI is InChI=1S/C16H17ClO/c1-16(2,3)13-7-4-11(5-8-13)12-6-9-14(17)15(18)10-12/h4-10,18H,1-3H3. The summed E-state index contributed by atoms with van der Waals surface area (Å²) in [5.74, 6) is 0.120. The van der Waals surface area contributed by atoms with Crippen molar-refractivity contribution in [1.29, 1.82) is 0 Å². The summed E-state index contributed by atoms with van der Waals surface area (Å²) in [6.45, 7) is 6.57. The summed E-state index contributed by atoms with van der Waals surface area (Å²) >= 11 is 5.80. The summed E-state index contributed by atoms with van der Waals surface area (Å²) in [6, 6.07) is 13.7. The first-order valence-corrected chi connectivity index (χ1v) is 6.35. The lowest BCUT2D eigenvalue weighted by molar-refractivity contribution is 0.476. The van der Waals surface area contributed by atoms with Crippen molar-refractivity contribution < 1.29 is 5.11 Å². The Labute approximate surface area is 113 Å². The van der Waals surface area contributed by atoms with Gasteiger partial charge in [-0.05, 0) is 34.2 Å². The van der Waals surface area contributed by atoms with Gasteiger partial charge in [-0.25, -0.2) is 0 Å². The summed E-state index contributed by atoms with van der Waals surface area (Å²) in [4.78, 5) is 0. The molecule has 18 heavy (non-hydrogen) atoms. The SMILES string of the molecule is CC(C)(C)c1ccc(-c2ccc(Cl)c(O)c2)cc1. The van der Waals surface area contributed by atoms with Gasteiger partial charge < -0.3 is 5.11 Å². The van der Waals surface area contributed by atoms with Crippen LogP contribution in [0.5, 0.6) is 5.75 Å². The van der Waals surface area contributed by atoms with Gasteiger partial charge in [-0.2, -0.15) is 0 Å². The first kappa shape index (κ1) is 13.0. The maximum atomic E-state index is 9.61. The molecule has 0 atom stereocenters. The number of hydrogen-bond acceptors (Lipinski definition) is 1. The molecule has 0 amide bonds. The van der Waals surface area contributed by atoms with E-state index in [1.54, 1.807) is 12.1 Å².